The summed E-state index contributed by atoms with van der Waals surface area (Å²) in [4.78, 5) is 22.7. The molecule has 5 nitrogen and oxygen atoms in total. The van der Waals surface area contributed by atoms with Crippen molar-refractivity contribution in [1.82, 2.24) is 24.9 Å². The quantitative estimate of drug-likeness (QED) is 0.322. The van der Waals surface area contributed by atoms with E-state index in [0.717, 1.165) is 43.9 Å². The second-order valence-corrected chi connectivity index (χ2v) is 5.08. The highest BCUT2D eigenvalue weighted by molar-refractivity contribution is 6.21. The molecule has 0 atom stereocenters. The lowest BCUT2D eigenvalue weighted by molar-refractivity contribution is 1.30. The van der Waals surface area contributed by atoms with Gasteiger partial charge in [-0.25, -0.2) is 9.97 Å². The Kier molecular flexibility index (Phi) is 2.16. The minimum atomic E-state index is 0.781. The molecule has 0 fully saturated rings. The summed E-state index contributed by atoms with van der Waals surface area (Å²) < 4.78 is 0. The first-order valence-corrected chi connectivity index (χ1v) is 6.95. The Morgan fingerprint density at radius 1 is 0.591 bits per heavy atom. The van der Waals surface area contributed by atoms with Crippen LogP contribution in [0.25, 0.3) is 43.9 Å². The third-order valence-electron chi connectivity index (χ3n) is 3.82. The summed E-state index contributed by atoms with van der Waals surface area (Å²) in [6.45, 7) is 0. The fourth-order valence-electron chi connectivity index (χ4n) is 2.85. The first-order chi connectivity index (χ1) is 10.9. The van der Waals surface area contributed by atoms with Gasteiger partial charge in [-0.15, -0.1) is 0 Å². The van der Waals surface area contributed by atoms with Crippen molar-refractivity contribution in [1.29, 1.82) is 0 Å². The maximum atomic E-state index is 4.79. The zero-order valence-electron chi connectivity index (χ0n) is 11.4. The van der Waals surface area contributed by atoms with Crippen LogP contribution in [0.2, 0.25) is 0 Å². The Bertz CT molecular complexity index is 1090. The number of benzene rings is 1. The van der Waals surface area contributed by atoms with E-state index in [4.69, 9.17) is 9.97 Å². The summed E-state index contributed by atoms with van der Waals surface area (Å²) >= 11 is 0. The van der Waals surface area contributed by atoms with E-state index in [2.05, 4.69) is 15.0 Å². The molecular weight excluding hydrogens is 274 g/mol. The molecule has 4 aromatic heterocycles. The summed E-state index contributed by atoms with van der Waals surface area (Å²) in [6, 6.07) is 9.72. The Morgan fingerprint density at radius 2 is 1.23 bits per heavy atom. The number of aromatic nitrogens is 5. The van der Waals surface area contributed by atoms with Crippen LogP contribution >= 0.6 is 0 Å². The van der Waals surface area contributed by atoms with Crippen LogP contribution in [-0.2, 0) is 0 Å². The molecule has 0 N–H and O–H groups in total. The monoisotopic (exact) mass is 283 g/mol. The predicted molar refractivity (Wildman–Crippen MR) is 85.4 cm³/mol. The van der Waals surface area contributed by atoms with Gasteiger partial charge in [0.25, 0.3) is 0 Å². The predicted octanol–water partition coefficient (Wildman–Crippen LogP) is 3.27. The molecule has 0 amide bonds. The summed E-state index contributed by atoms with van der Waals surface area (Å²) in [6.07, 6.45) is 7.02. The first kappa shape index (κ1) is 11.4. The first-order valence-electron chi connectivity index (χ1n) is 6.95. The van der Waals surface area contributed by atoms with Crippen molar-refractivity contribution in [2.45, 2.75) is 0 Å². The van der Waals surface area contributed by atoms with Gasteiger partial charge in [0.2, 0.25) is 0 Å². The molecule has 0 saturated carbocycles. The molecule has 0 aliphatic rings. The number of hydrogen-bond acceptors (Lipinski definition) is 5. The van der Waals surface area contributed by atoms with Crippen molar-refractivity contribution in [2.75, 3.05) is 0 Å². The molecule has 0 aliphatic carbocycles. The van der Waals surface area contributed by atoms with E-state index in [1.807, 2.05) is 30.3 Å². The van der Waals surface area contributed by atoms with Gasteiger partial charge < -0.3 is 0 Å². The highest BCUT2D eigenvalue weighted by Crippen LogP contribution is 2.31. The highest BCUT2D eigenvalue weighted by Gasteiger charge is 2.13. The van der Waals surface area contributed by atoms with Gasteiger partial charge >= 0.3 is 0 Å². The number of nitrogens with zero attached hydrogens (tertiary/aromatic N) is 5. The van der Waals surface area contributed by atoms with Crippen LogP contribution in [0, 0.1) is 0 Å². The van der Waals surface area contributed by atoms with E-state index in [1.165, 1.54) is 0 Å². The average Bonchev–Trinajstić information content (AvgIpc) is 2.61. The fourth-order valence-corrected chi connectivity index (χ4v) is 2.85. The lowest BCUT2D eigenvalue weighted by Gasteiger charge is -2.08. The normalized spacial score (nSPS) is 11.6. The fraction of sp³-hybridized carbons (Fsp3) is 0. The Balaban J connectivity index is 2.17. The van der Waals surface area contributed by atoms with Crippen LogP contribution in [0.4, 0.5) is 0 Å². The lowest BCUT2D eigenvalue weighted by atomic mass is 10.1. The van der Waals surface area contributed by atoms with Crippen LogP contribution in [-0.4, -0.2) is 24.9 Å². The largest absolute Gasteiger partial charge is 0.262 e. The van der Waals surface area contributed by atoms with Crippen molar-refractivity contribution in [3.63, 3.8) is 0 Å². The van der Waals surface area contributed by atoms with Crippen molar-refractivity contribution < 1.29 is 0 Å². The molecule has 5 rings (SSSR count). The van der Waals surface area contributed by atoms with Gasteiger partial charge in [-0.05, 0) is 30.3 Å². The third kappa shape index (κ3) is 1.45. The molecule has 0 bridgehead atoms. The minimum absolute atomic E-state index is 0.781. The van der Waals surface area contributed by atoms with Gasteiger partial charge in [0.05, 0.1) is 33.8 Å². The third-order valence-corrected chi connectivity index (χ3v) is 3.82. The van der Waals surface area contributed by atoms with Crippen molar-refractivity contribution >= 4 is 43.9 Å². The number of rotatable bonds is 0. The Hall–Kier alpha value is -3.21. The smallest absolute Gasteiger partial charge is 0.108 e. The molecule has 0 saturated heterocycles. The van der Waals surface area contributed by atoms with Gasteiger partial charge in [0, 0.05) is 29.4 Å². The van der Waals surface area contributed by atoms with E-state index in [9.17, 15) is 0 Å². The molecule has 1 aromatic carbocycles. The summed E-state index contributed by atoms with van der Waals surface area (Å²) in [5.74, 6) is 0. The lowest BCUT2D eigenvalue weighted by Crippen LogP contribution is -1.93. The van der Waals surface area contributed by atoms with Crippen molar-refractivity contribution in [2.24, 2.45) is 0 Å². The molecule has 5 heteroatoms. The van der Waals surface area contributed by atoms with Crippen LogP contribution in [0.1, 0.15) is 0 Å². The van der Waals surface area contributed by atoms with Crippen molar-refractivity contribution in [3.05, 3.63) is 55.1 Å². The minimum Gasteiger partial charge on any atom is -0.262 e. The van der Waals surface area contributed by atoms with E-state index >= 15 is 0 Å². The molecule has 4 heterocycles. The molecule has 0 spiro atoms. The molecule has 102 valence electrons. The maximum absolute atomic E-state index is 4.79. The molecule has 0 unspecified atom stereocenters. The standard InChI is InChI=1S/C17H9N5/c1-3-10-14(19-6-1)15-11(4-2-7-20-15)17-16(10)21-12-5-8-18-9-13(12)22-17/h1-9H. The zero-order valence-corrected chi connectivity index (χ0v) is 11.4. The Labute approximate surface area is 124 Å². The Morgan fingerprint density at radius 3 is 1.91 bits per heavy atom. The molecule has 0 aliphatic heterocycles. The van der Waals surface area contributed by atoms with E-state index < -0.39 is 0 Å². The van der Waals surface area contributed by atoms with Gasteiger partial charge in [0.15, 0.2) is 0 Å². The SMILES string of the molecule is c1cnc2c(c1)c1nc3ccncc3nc1c1cccnc12. The van der Waals surface area contributed by atoms with Gasteiger partial charge in [-0.2, -0.15) is 0 Å². The van der Waals surface area contributed by atoms with E-state index in [-0.39, 0.29) is 0 Å². The van der Waals surface area contributed by atoms with Gasteiger partial charge in [-0.1, -0.05) is 0 Å². The van der Waals surface area contributed by atoms with Crippen LogP contribution in [0.15, 0.2) is 55.1 Å². The molecule has 0 radical (unpaired) electrons. The summed E-state index contributed by atoms with van der Waals surface area (Å²) in [5.41, 5.74) is 5.00. The number of fused-ring (bicyclic) bond motifs is 7. The number of hydrogen-bond donors (Lipinski definition) is 0. The second-order valence-electron chi connectivity index (χ2n) is 5.08. The van der Waals surface area contributed by atoms with E-state index in [0.29, 0.717) is 0 Å². The topological polar surface area (TPSA) is 64.5 Å². The van der Waals surface area contributed by atoms with Crippen molar-refractivity contribution in [3.8, 4) is 0 Å². The zero-order chi connectivity index (χ0) is 14.5. The van der Waals surface area contributed by atoms with Crippen LogP contribution in [0.5, 0.6) is 0 Å². The average molecular weight is 283 g/mol. The van der Waals surface area contributed by atoms with E-state index in [1.54, 1.807) is 24.8 Å². The number of pyridine rings is 3. The summed E-state index contributed by atoms with van der Waals surface area (Å²) in [5, 5.41) is 1.93. The molecule has 5 aromatic rings. The molecular formula is C17H9N5. The second kappa shape index (κ2) is 4.14. The maximum Gasteiger partial charge on any atom is 0.108 e. The molecule has 22 heavy (non-hydrogen) atoms. The van der Waals surface area contributed by atoms with Crippen LogP contribution in [0.3, 0.4) is 0 Å². The highest BCUT2D eigenvalue weighted by atomic mass is 14.8. The van der Waals surface area contributed by atoms with Crippen LogP contribution < -0.4 is 0 Å². The summed E-state index contributed by atoms with van der Waals surface area (Å²) in [7, 11) is 0. The van der Waals surface area contributed by atoms with Gasteiger partial charge in [-0.3, -0.25) is 15.0 Å². The van der Waals surface area contributed by atoms with Gasteiger partial charge in [0.1, 0.15) is 5.52 Å².